The molecule has 0 unspecified atom stereocenters. The summed E-state index contributed by atoms with van der Waals surface area (Å²) in [6.07, 6.45) is 5.18. The molecule has 0 saturated heterocycles. The van der Waals surface area contributed by atoms with E-state index in [1.165, 1.54) is 16.9 Å². The molecule has 1 atom stereocenters. The molecule has 1 N–H and O–H groups in total. The van der Waals surface area contributed by atoms with Gasteiger partial charge in [-0.1, -0.05) is 19.1 Å². The van der Waals surface area contributed by atoms with Gasteiger partial charge in [0.1, 0.15) is 16.9 Å². The smallest absolute Gasteiger partial charge is 0.182 e. The van der Waals surface area contributed by atoms with Gasteiger partial charge in [0.05, 0.1) is 5.39 Å². The Morgan fingerprint density at radius 1 is 1.33 bits per heavy atom. The van der Waals surface area contributed by atoms with E-state index in [0.717, 1.165) is 40.2 Å². The zero-order valence-electron chi connectivity index (χ0n) is 13.2. The molecule has 3 heterocycles. The first-order valence-corrected chi connectivity index (χ1v) is 8.96. The molecule has 1 aliphatic rings. The van der Waals surface area contributed by atoms with Crippen LogP contribution in [0.3, 0.4) is 0 Å². The third-order valence-electron chi connectivity index (χ3n) is 4.74. The van der Waals surface area contributed by atoms with Gasteiger partial charge in [0, 0.05) is 10.4 Å². The van der Waals surface area contributed by atoms with E-state index in [0.29, 0.717) is 5.82 Å². The summed E-state index contributed by atoms with van der Waals surface area (Å²) in [6.45, 7) is 2.31. The number of aromatic hydroxyl groups is 1. The van der Waals surface area contributed by atoms with Crippen molar-refractivity contribution < 1.29 is 5.11 Å². The Morgan fingerprint density at radius 2 is 2.25 bits per heavy atom. The molecule has 0 saturated carbocycles. The molecule has 1 aliphatic carbocycles. The zero-order valence-corrected chi connectivity index (χ0v) is 14.0. The number of nitrogens with zero attached hydrogens (tertiary/aromatic N) is 4. The van der Waals surface area contributed by atoms with Gasteiger partial charge in [0.2, 0.25) is 0 Å². The number of aromatic nitrogens is 4. The molecule has 1 aromatic carbocycles. The van der Waals surface area contributed by atoms with E-state index in [4.69, 9.17) is 4.98 Å². The second kappa shape index (κ2) is 5.01. The molecule has 3 aromatic heterocycles. The molecule has 0 bridgehead atoms. The van der Waals surface area contributed by atoms with E-state index < -0.39 is 0 Å². The van der Waals surface area contributed by atoms with Gasteiger partial charge in [-0.2, -0.15) is 0 Å². The van der Waals surface area contributed by atoms with Gasteiger partial charge in [0.15, 0.2) is 11.5 Å². The fourth-order valence-corrected chi connectivity index (χ4v) is 4.85. The third kappa shape index (κ3) is 2.03. The van der Waals surface area contributed by atoms with Crippen molar-refractivity contribution >= 4 is 27.2 Å². The first kappa shape index (κ1) is 13.9. The molecule has 0 spiro atoms. The van der Waals surface area contributed by atoms with Gasteiger partial charge < -0.3 is 5.11 Å². The Hall–Kier alpha value is -2.47. The van der Waals surface area contributed by atoms with Gasteiger partial charge in [-0.05, 0) is 42.9 Å². The molecule has 0 fully saturated rings. The van der Waals surface area contributed by atoms with Gasteiger partial charge in [-0.15, -0.1) is 16.4 Å². The summed E-state index contributed by atoms with van der Waals surface area (Å²) in [5.74, 6) is 1.57. The maximum absolute atomic E-state index is 9.70. The summed E-state index contributed by atoms with van der Waals surface area (Å²) in [5.41, 5.74) is 3.08. The lowest BCUT2D eigenvalue weighted by molar-refractivity contribution is 0.475. The lowest BCUT2D eigenvalue weighted by Gasteiger charge is -2.17. The van der Waals surface area contributed by atoms with Crippen LogP contribution in [0.4, 0.5) is 0 Å². The van der Waals surface area contributed by atoms with Crippen molar-refractivity contribution in [2.75, 3.05) is 0 Å². The van der Waals surface area contributed by atoms with Crippen molar-refractivity contribution in [1.29, 1.82) is 0 Å². The lowest BCUT2D eigenvalue weighted by Crippen LogP contribution is -2.08. The highest BCUT2D eigenvalue weighted by atomic mass is 32.1. The Morgan fingerprint density at radius 3 is 3.12 bits per heavy atom. The van der Waals surface area contributed by atoms with Crippen molar-refractivity contribution in [2.45, 2.75) is 26.2 Å². The van der Waals surface area contributed by atoms with Crippen molar-refractivity contribution in [3.8, 4) is 17.1 Å². The fourth-order valence-electron chi connectivity index (χ4n) is 3.51. The molecular weight excluding hydrogens is 320 g/mol. The normalized spacial score (nSPS) is 17.5. The quantitative estimate of drug-likeness (QED) is 0.574. The van der Waals surface area contributed by atoms with E-state index >= 15 is 0 Å². The molecular formula is C18H16N4OS. The summed E-state index contributed by atoms with van der Waals surface area (Å²) in [7, 11) is 0. The first-order valence-electron chi connectivity index (χ1n) is 8.14. The molecule has 120 valence electrons. The van der Waals surface area contributed by atoms with Crippen LogP contribution < -0.4 is 0 Å². The maximum Gasteiger partial charge on any atom is 0.182 e. The van der Waals surface area contributed by atoms with Crippen LogP contribution in [0, 0.1) is 5.92 Å². The van der Waals surface area contributed by atoms with Crippen molar-refractivity contribution in [1.82, 2.24) is 19.6 Å². The van der Waals surface area contributed by atoms with Crippen LogP contribution in [0.2, 0.25) is 0 Å². The van der Waals surface area contributed by atoms with Crippen LogP contribution in [0.1, 0.15) is 23.8 Å². The van der Waals surface area contributed by atoms with E-state index in [1.54, 1.807) is 40.4 Å². The van der Waals surface area contributed by atoms with Crippen molar-refractivity contribution in [3.05, 3.63) is 41.0 Å². The summed E-state index contributed by atoms with van der Waals surface area (Å²) in [6, 6.07) is 7.04. The number of hydrogen-bond donors (Lipinski definition) is 1. The molecule has 4 aromatic rings. The number of thiophene rings is 1. The minimum Gasteiger partial charge on any atom is -0.508 e. The maximum atomic E-state index is 9.70. The van der Waals surface area contributed by atoms with E-state index in [2.05, 4.69) is 17.0 Å². The average Bonchev–Trinajstić information content (AvgIpc) is 3.14. The SMILES string of the molecule is C[C@H]1CCc2c(sc3ncn4nc(-c5cccc(O)c5)nc4c23)C1. The minimum atomic E-state index is 0.219. The number of rotatable bonds is 1. The second-order valence-electron chi connectivity index (χ2n) is 6.53. The molecule has 0 radical (unpaired) electrons. The van der Waals surface area contributed by atoms with Crippen LogP contribution in [0.15, 0.2) is 30.6 Å². The largest absolute Gasteiger partial charge is 0.508 e. The van der Waals surface area contributed by atoms with Crippen LogP contribution in [0.25, 0.3) is 27.3 Å². The number of fused-ring (bicyclic) bond motifs is 5. The Balaban J connectivity index is 1.76. The highest BCUT2D eigenvalue weighted by molar-refractivity contribution is 7.19. The summed E-state index contributed by atoms with van der Waals surface area (Å²) < 4.78 is 1.76. The van der Waals surface area contributed by atoms with Crippen LogP contribution in [0.5, 0.6) is 5.75 Å². The van der Waals surface area contributed by atoms with E-state index in [9.17, 15) is 5.11 Å². The monoisotopic (exact) mass is 336 g/mol. The summed E-state index contributed by atoms with van der Waals surface area (Å²) in [5, 5.41) is 15.4. The number of hydrogen-bond acceptors (Lipinski definition) is 5. The standard InChI is InChI=1S/C18H16N4OS/c1-10-5-6-13-14(7-10)24-18-15(13)17-20-16(21-22(17)9-19-18)11-3-2-4-12(23)8-11/h2-4,8-10,23H,5-7H2,1H3/t10-/m0/s1. The highest BCUT2D eigenvalue weighted by Crippen LogP contribution is 2.38. The molecule has 24 heavy (non-hydrogen) atoms. The van der Waals surface area contributed by atoms with Crippen molar-refractivity contribution in [2.24, 2.45) is 5.92 Å². The highest BCUT2D eigenvalue weighted by Gasteiger charge is 2.23. The number of phenolic OH excluding ortho intramolecular Hbond substituents is 1. The third-order valence-corrected chi connectivity index (χ3v) is 5.90. The van der Waals surface area contributed by atoms with Crippen LogP contribution in [-0.4, -0.2) is 24.7 Å². The predicted molar refractivity (Wildman–Crippen MR) is 94.5 cm³/mol. The molecule has 0 amide bonds. The van der Waals surface area contributed by atoms with Gasteiger partial charge in [-0.3, -0.25) is 0 Å². The minimum absolute atomic E-state index is 0.219. The number of benzene rings is 1. The zero-order chi connectivity index (χ0) is 16.3. The Kier molecular flexibility index (Phi) is 2.91. The topological polar surface area (TPSA) is 63.3 Å². The van der Waals surface area contributed by atoms with Crippen molar-refractivity contribution in [3.63, 3.8) is 0 Å². The lowest BCUT2D eigenvalue weighted by atomic mass is 9.89. The number of phenols is 1. The molecule has 6 heteroatoms. The van der Waals surface area contributed by atoms with E-state index in [-0.39, 0.29) is 5.75 Å². The molecule has 5 rings (SSSR count). The van der Waals surface area contributed by atoms with Crippen LogP contribution in [-0.2, 0) is 12.8 Å². The summed E-state index contributed by atoms with van der Waals surface area (Å²) in [4.78, 5) is 11.9. The number of aryl methyl sites for hydroxylation is 1. The fraction of sp³-hybridized carbons (Fsp3) is 0.278. The Bertz CT molecular complexity index is 1080. The van der Waals surface area contributed by atoms with Gasteiger partial charge in [0.25, 0.3) is 0 Å². The average molecular weight is 336 g/mol. The van der Waals surface area contributed by atoms with Gasteiger partial charge in [-0.25, -0.2) is 14.5 Å². The van der Waals surface area contributed by atoms with Crippen LogP contribution >= 0.6 is 11.3 Å². The molecule has 0 aliphatic heterocycles. The predicted octanol–water partition coefficient (Wildman–Crippen LogP) is 3.84. The first-order chi connectivity index (χ1) is 11.7. The summed E-state index contributed by atoms with van der Waals surface area (Å²) >= 11 is 1.79. The Labute approximate surface area is 142 Å². The molecule has 5 nitrogen and oxygen atoms in total. The second-order valence-corrected chi connectivity index (χ2v) is 7.61. The van der Waals surface area contributed by atoms with E-state index in [1.807, 2.05) is 6.07 Å². The van der Waals surface area contributed by atoms with Gasteiger partial charge >= 0.3 is 0 Å².